The summed E-state index contributed by atoms with van der Waals surface area (Å²) in [6.45, 7) is 0.181. The molecule has 1 unspecified atom stereocenters. The largest absolute Gasteiger partial charge is 0.421 e. The molecule has 7 nitrogen and oxygen atoms in total. The second-order valence-electron chi connectivity index (χ2n) is 9.19. The highest BCUT2D eigenvalue weighted by molar-refractivity contribution is 7.91. The number of hydrogen-bond donors (Lipinski definition) is 1. The van der Waals surface area contributed by atoms with Crippen molar-refractivity contribution in [3.05, 3.63) is 68.4 Å². The molecule has 4 rings (SSSR count). The minimum Gasteiger partial charge on any atom is -0.376 e. The van der Waals surface area contributed by atoms with Crippen LogP contribution in [0.15, 0.2) is 30.3 Å². The summed E-state index contributed by atoms with van der Waals surface area (Å²) in [4.78, 5) is 26.3. The number of aliphatic hydroxyl groups is 1. The summed E-state index contributed by atoms with van der Waals surface area (Å²) in [6, 6.07) is 5.25. The Hall–Kier alpha value is -2.25. The van der Waals surface area contributed by atoms with E-state index in [2.05, 4.69) is 0 Å². The van der Waals surface area contributed by atoms with Gasteiger partial charge in [-0.3, -0.25) is 9.59 Å². The lowest BCUT2D eigenvalue weighted by molar-refractivity contribution is -0.264. The van der Waals surface area contributed by atoms with E-state index in [0.717, 1.165) is 6.26 Å². The molecule has 1 spiro atoms. The number of fused-ring (bicyclic) bond motifs is 2. The average molecular weight is 584 g/mol. The number of sulfone groups is 1. The van der Waals surface area contributed by atoms with Gasteiger partial charge in [-0.15, -0.1) is 0 Å². The first-order chi connectivity index (χ1) is 17.0. The molecule has 0 radical (unpaired) electrons. The van der Waals surface area contributed by atoms with Crippen molar-refractivity contribution in [1.82, 2.24) is 4.90 Å². The number of ether oxygens (including phenoxy) is 1. The second kappa shape index (κ2) is 9.19. The van der Waals surface area contributed by atoms with Crippen molar-refractivity contribution in [2.75, 3.05) is 25.1 Å². The zero-order valence-electron chi connectivity index (χ0n) is 19.0. The summed E-state index contributed by atoms with van der Waals surface area (Å²) < 4.78 is 84.1. The predicted molar refractivity (Wildman–Crippen MR) is 125 cm³/mol. The predicted octanol–water partition coefficient (Wildman–Crippen LogP) is 3.77. The van der Waals surface area contributed by atoms with Gasteiger partial charge < -0.3 is 14.7 Å². The van der Waals surface area contributed by atoms with E-state index in [0.29, 0.717) is 23.3 Å². The number of benzene rings is 2. The molecule has 0 aromatic heterocycles. The first-order valence-electron chi connectivity index (χ1n) is 10.7. The second-order valence-corrected chi connectivity index (χ2v) is 12.1. The first-order valence-corrected chi connectivity index (χ1v) is 13.5. The molecule has 1 fully saturated rings. The molecule has 2 aliphatic heterocycles. The molecule has 2 aromatic carbocycles. The number of carbonyl (C=O) groups excluding carboxylic acids is 2. The number of ketones is 1. The van der Waals surface area contributed by atoms with Gasteiger partial charge in [0.15, 0.2) is 27.0 Å². The number of halogens is 6. The zero-order chi connectivity index (χ0) is 27.6. The summed E-state index contributed by atoms with van der Waals surface area (Å²) in [5.41, 5.74) is -4.50. The van der Waals surface area contributed by atoms with Gasteiger partial charge in [-0.25, -0.2) is 12.8 Å². The van der Waals surface area contributed by atoms with Gasteiger partial charge in [0.25, 0.3) is 0 Å². The molecule has 0 bridgehead atoms. The molecule has 200 valence electrons. The van der Waals surface area contributed by atoms with E-state index < -0.39 is 72.5 Å². The van der Waals surface area contributed by atoms with Crippen LogP contribution in [0.1, 0.15) is 33.5 Å². The van der Waals surface area contributed by atoms with Gasteiger partial charge in [-0.1, -0.05) is 35.3 Å². The average Bonchev–Trinajstić information content (AvgIpc) is 3.13. The first kappa shape index (κ1) is 27.8. The van der Waals surface area contributed by atoms with Gasteiger partial charge >= 0.3 is 6.18 Å². The van der Waals surface area contributed by atoms with Crippen molar-refractivity contribution >= 4 is 44.7 Å². The quantitative estimate of drug-likeness (QED) is 0.316. The third-order valence-corrected chi connectivity index (χ3v) is 7.72. The van der Waals surface area contributed by atoms with Gasteiger partial charge in [0.05, 0.1) is 36.2 Å². The molecule has 1 saturated heterocycles. The number of hydrogen-bond acceptors (Lipinski definition) is 6. The number of rotatable bonds is 6. The van der Waals surface area contributed by atoms with Crippen molar-refractivity contribution in [1.29, 1.82) is 0 Å². The minimum atomic E-state index is -5.33. The van der Waals surface area contributed by atoms with Crippen LogP contribution >= 0.6 is 23.2 Å². The molecular weight excluding hydrogens is 565 g/mol. The molecule has 2 heterocycles. The van der Waals surface area contributed by atoms with Crippen LogP contribution in [0.2, 0.25) is 10.0 Å². The molecule has 0 saturated carbocycles. The number of Topliss-reactive ketones (excluding diaryl/α,β-unsaturated/α-hetero) is 1. The Labute approximate surface area is 218 Å². The van der Waals surface area contributed by atoms with E-state index in [4.69, 9.17) is 27.9 Å². The lowest BCUT2D eigenvalue weighted by Crippen LogP contribution is -2.62. The van der Waals surface area contributed by atoms with Crippen LogP contribution in [0.4, 0.5) is 17.6 Å². The third kappa shape index (κ3) is 5.09. The minimum absolute atomic E-state index is 0.0112. The van der Waals surface area contributed by atoms with Crippen LogP contribution in [0, 0.1) is 5.82 Å². The fourth-order valence-electron chi connectivity index (χ4n) is 4.44. The Kier molecular flexibility index (Phi) is 6.90. The molecule has 0 aliphatic carbocycles. The normalized spacial score (nSPS) is 18.3. The van der Waals surface area contributed by atoms with Crippen molar-refractivity contribution in [2.24, 2.45) is 0 Å². The molecule has 2 aliphatic rings. The Bertz CT molecular complexity index is 1390. The van der Waals surface area contributed by atoms with E-state index >= 15 is 0 Å². The zero-order valence-corrected chi connectivity index (χ0v) is 21.4. The third-order valence-electron chi connectivity index (χ3n) is 6.40. The summed E-state index contributed by atoms with van der Waals surface area (Å²) >= 11 is 11.2. The van der Waals surface area contributed by atoms with Crippen molar-refractivity contribution < 1.29 is 45.4 Å². The van der Waals surface area contributed by atoms with Gasteiger partial charge in [0, 0.05) is 11.8 Å². The Morgan fingerprint density at radius 3 is 2.27 bits per heavy atom. The van der Waals surface area contributed by atoms with Crippen LogP contribution in [0.25, 0.3) is 0 Å². The highest BCUT2D eigenvalue weighted by atomic mass is 35.5. The van der Waals surface area contributed by atoms with E-state index in [9.17, 15) is 40.7 Å². The van der Waals surface area contributed by atoms with Gasteiger partial charge in [-0.2, -0.15) is 13.2 Å². The molecule has 14 heteroatoms. The van der Waals surface area contributed by atoms with Crippen LogP contribution in [0.5, 0.6) is 0 Å². The molecule has 1 N–H and O–H groups in total. The lowest BCUT2D eigenvalue weighted by Gasteiger charge is -2.47. The SMILES string of the molecule is CS(=O)(=O)CC(=O)N1CC2(C1)OCc1cc(C(=O)CC(O)(c3cc(Cl)c(F)c(Cl)c3)C(F)(F)F)ccc12. The van der Waals surface area contributed by atoms with Crippen molar-refractivity contribution in [3.63, 3.8) is 0 Å². The van der Waals surface area contributed by atoms with Gasteiger partial charge in [-0.05, 0) is 34.9 Å². The topological polar surface area (TPSA) is 101 Å². The summed E-state index contributed by atoms with van der Waals surface area (Å²) in [5.74, 6) is -3.44. The van der Waals surface area contributed by atoms with E-state index in [-0.39, 0.29) is 25.3 Å². The fraction of sp³-hybridized carbons (Fsp3) is 0.391. The molecule has 2 aromatic rings. The summed E-state index contributed by atoms with van der Waals surface area (Å²) in [5, 5.41) is 9.09. The maximum Gasteiger partial charge on any atom is 0.421 e. The molecular formula is C23H19Cl2F4NO6S. The van der Waals surface area contributed by atoms with Crippen LogP contribution < -0.4 is 0 Å². The highest BCUT2D eigenvalue weighted by Gasteiger charge is 2.57. The van der Waals surface area contributed by atoms with Crippen molar-refractivity contribution in [2.45, 2.75) is 30.4 Å². The van der Waals surface area contributed by atoms with Crippen molar-refractivity contribution in [3.8, 4) is 0 Å². The Morgan fingerprint density at radius 1 is 1.14 bits per heavy atom. The lowest BCUT2D eigenvalue weighted by atomic mass is 9.83. The smallest absolute Gasteiger partial charge is 0.376 e. The number of alkyl halides is 3. The maximum atomic E-state index is 13.9. The summed E-state index contributed by atoms with van der Waals surface area (Å²) in [7, 11) is -3.51. The Balaban J connectivity index is 1.56. The number of amides is 1. The fourth-order valence-corrected chi connectivity index (χ4v) is 5.56. The molecule has 1 amide bonds. The van der Waals surface area contributed by atoms with Gasteiger partial charge in [0.1, 0.15) is 11.4 Å². The van der Waals surface area contributed by atoms with Crippen LogP contribution in [-0.4, -0.2) is 61.4 Å². The van der Waals surface area contributed by atoms with Crippen LogP contribution in [0.3, 0.4) is 0 Å². The molecule has 1 atom stereocenters. The van der Waals surface area contributed by atoms with E-state index in [1.54, 1.807) is 0 Å². The van der Waals surface area contributed by atoms with E-state index in [1.165, 1.54) is 23.1 Å². The standard InChI is InChI=1S/C23H19Cl2F4NO6S/c1-37(34,35)9-19(32)30-10-21(11-30)15-3-2-12(4-13(15)8-36-21)18(31)7-22(33,23(27,28)29)14-5-16(24)20(26)17(25)6-14/h2-6,33H,7-11H2,1H3. The summed E-state index contributed by atoms with van der Waals surface area (Å²) in [6.07, 6.45) is -5.81. The number of likely N-dealkylation sites (tertiary alicyclic amines) is 1. The van der Waals surface area contributed by atoms with Crippen LogP contribution in [-0.2, 0) is 37.2 Å². The maximum absolute atomic E-state index is 13.9. The molecule has 37 heavy (non-hydrogen) atoms. The monoisotopic (exact) mass is 583 g/mol. The number of nitrogens with zero attached hydrogens (tertiary/aromatic N) is 1. The highest BCUT2D eigenvalue weighted by Crippen LogP contribution is 2.46. The number of carbonyl (C=O) groups is 2. The van der Waals surface area contributed by atoms with Gasteiger partial charge in [0.2, 0.25) is 5.91 Å². The van der Waals surface area contributed by atoms with E-state index in [1.807, 2.05) is 0 Å². The Morgan fingerprint density at radius 2 is 1.73 bits per heavy atom.